The van der Waals surface area contributed by atoms with Crippen LogP contribution in [0.2, 0.25) is 0 Å². The van der Waals surface area contributed by atoms with Gasteiger partial charge in [0, 0.05) is 30.3 Å². The van der Waals surface area contributed by atoms with E-state index < -0.39 is 0 Å². The van der Waals surface area contributed by atoms with Crippen LogP contribution in [-0.2, 0) is 29.0 Å². The molecule has 0 spiro atoms. The average Bonchev–Trinajstić information content (AvgIpc) is 3.71. The second-order valence-electron chi connectivity index (χ2n) is 9.47. The van der Waals surface area contributed by atoms with Gasteiger partial charge in [-0.25, -0.2) is 4.79 Å². The molecule has 1 saturated heterocycles. The summed E-state index contributed by atoms with van der Waals surface area (Å²) in [5, 5.41) is 5.04. The number of carbonyl (C=O) groups is 2. The zero-order valence-electron chi connectivity index (χ0n) is 21.6. The lowest BCUT2D eigenvalue weighted by atomic mass is 10.1. The van der Waals surface area contributed by atoms with Crippen LogP contribution < -0.4 is 14.8 Å². The van der Waals surface area contributed by atoms with Gasteiger partial charge in [0.05, 0.1) is 12.6 Å². The highest BCUT2D eigenvalue weighted by atomic mass is 32.1. The second-order valence-corrected chi connectivity index (χ2v) is 10.5. The van der Waals surface area contributed by atoms with Gasteiger partial charge in [0.2, 0.25) is 12.7 Å². The number of benzene rings is 2. The average molecular weight is 536 g/mol. The van der Waals surface area contributed by atoms with Crippen molar-refractivity contribution in [2.75, 3.05) is 31.8 Å². The lowest BCUT2D eigenvalue weighted by molar-refractivity contribution is -0.133. The maximum absolute atomic E-state index is 13.8. The first-order chi connectivity index (χ1) is 18.6. The van der Waals surface area contributed by atoms with Gasteiger partial charge >= 0.3 is 6.03 Å². The van der Waals surface area contributed by atoms with Crippen molar-refractivity contribution in [1.82, 2.24) is 9.80 Å². The van der Waals surface area contributed by atoms with E-state index in [-0.39, 0.29) is 31.4 Å². The summed E-state index contributed by atoms with van der Waals surface area (Å²) in [6, 6.07) is 17.2. The summed E-state index contributed by atoms with van der Waals surface area (Å²) >= 11 is 1.61. The van der Waals surface area contributed by atoms with Crippen molar-refractivity contribution >= 4 is 29.0 Å². The molecule has 200 valence electrons. The minimum atomic E-state index is -0.297. The maximum atomic E-state index is 13.8. The Kier molecular flexibility index (Phi) is 8.45. The number of rotatable bonds is 10. The molecular weight excluding hydrogens is 502 g/mol. The number of anilines is 1. The van der Waals surface area contributed by atoms with Crippen molar-refractivity contribution in [3.05, 3.63) is 76.0 Å². The number of fused-ring (bicyclic) bond motifs is 1. The Bertz CT molecular complexity index is 1240. The number of para-hydroxylation sites is 1. The fourth-order valence-electron chi connectivity index (χ4n) is 4.74. The highest BCUT2D eigenvalue weighted by molar-refractivity contribution is 7.09. The zero-order valence-corrected chi connectivity index (χ0v) is 22.4. The quantitative estimate of drug-likeness (QED) is 0.382. The summed E-state index contributed by atoms with van der Waals surface area (Å²) in [6.07, 6.45) is 2.56. The molecule has 1 aromatic heterocycles. The van der Waals surface area contributed by atoms with Gasteiger partial charge in [-0.2, -0.15) is 0 Å². The molecule has 8 nitrogen and oxygen atoms in total. The van der Waals surface area contributed by atoms with E-state index in [9.17, 15) is 9.59 Å². The van der Waals surface area contributed by atoms with Gasteiger partial charge in [-0.3, -0.25) is 4.79 Å². The van der Waals surface area contributed by atoms with Crippen molar-refractivity contribution in [3.63, 3.8) is 0 Å². The van der Waals surface area contributed by atoms with Crippen LogP contribution in [0.3, 0.4) is 0 Å². The minimum absolute atomic E-state index is 0.0457. The van der Waals surface area contributed by atoms with Gasteiger partial charge in [0.1, 0.15) is 6.54 Å². The number of hydrogen-bond acceptors (Lipinski definition) is 6. The Labute approximate surface area is 227 Å². The molecule has 0 aliphatic carbocycles. The molecule has 0 radical (unpaired) electrons. The van der Waals surface area contributed by atoms with E-state index in [1.807, 2.05) is 60.0 Å². The van der Waals surface area contributed by atoms with Gasteiger partial charge in [-0.1, -0.05) is 37.3 Å². The van der Waals surface area contributed by atoms with Crippen molar-refractivity contribution < 1.29 is 23.8 Å². The number of aryl methyl sites for hydroxylation is 1. The fraction of sp³-hybridized carbons (Fsp3) is 0.379. The third-order valence-electron chi connectivity index (χ3n) is 6.79. The number of ether oxygens (including phenoxy) is 3. The van der Waals surface area contributed by atoms with Crippen LogP contribution in [0.15, 0.2) is 60.0 Å². The normalized spacial score (nSPS) is 15.9. The van der Waals surface area contributed by atoms with Crippen LogP contribution >= 0.6 is 11.3 Å². The molecule has 2 aliphatic rings. The van der Waals surface area contributed by atoms with E-state index in [1.54, 1.807) is 21.1 Å². The molecule has 1 fully saturated rings. The number of nitrogens with one attached hydrogen (secondary N) is 1. The summed E-state index contributed by atoms with van der Waals surface area (Å²) in [6.45, 7) is 4.10. The Morgan fingerprint density at radius 2 is 1.89 bits per heavy atom. The number of hydrogen-bond donors (Lipinski definition) is 1. The highest BCUT2D eigenvalue weighted by Gasteiger charge is 2.27. The fourth-order valence-corrected chi connectivity index (χ4v) is 5.46. The molecule has 0 bridgehead atoms. The summed E-state index contributed by atoms with van der Waals surface area (Å²) in [5.74, 6) is 1.25. The third kappa shape index (κ3) is 6.46. The van der Waals surface area contributed by atoms with E-state index >= 15 is 0 Å². The van der Waals surface area contributed by atoms with Crippen LogP contribution in [0, 0.1) is 0 Å². The lowest BCUT2D eigenvalue weighted by Gasteiger charge is -2.29. The zero-order chi connectivity index (χ0) is 26.3. The molecule has 9 heteroatoms. The molecule has 38 heavy (non-hydrogen) atoms. The smallest absolute Gasteiger partial charge is 0.322 e. The highest BCUT2D eigenvalue weighted by Crippen LogP contribution is 2.33. The summed E-state index contributed by atoms with van der Waals surface area (Å²) in [5.41, 5.74) is 2.75. The SMILES string of the molecule is CCc1ccccc1NC(=O)N(CC(=O)N(Cc1ccc2c(c1)OCO2)Cc1cccs1)CC1CCCO1. The predicted molar refractivity (Wildman–Crippen MR) is 147 cm³/mol. The van der Waals surface area contributed by atoms with Crippen molar-refractivity contribution in [1.29, 1.82) is 0 Å². The van der Waals surface area contributed by atoms with Crippen LogP contribution in [0.5, 0.6) is 11.5 Å². The predicted octanol–water partition coefficient (Wildman–Crippen LogP) is 5.28. The molecule has 2 aliphatic heterocycles. The molecule has 1 atom stereocenters. The standard InChI is InChI=1S/C29H33N3O5S/c1-2-22-7-3-4-10-25(22)30-29(34)32(17-23-8-5-13-35-23)19-28(33)31(18-24-9-6-14-38-24)16-21-11-12-26-27(15-21)37-20-36-26/h3-4,6-7,9-12,14-15,23H,2,5,8,13,16-20H2,1H3,(H,30,34). The molecule has 1 unspecified atom stereocenters. The number of thiophene rings is 1. The molecule has 1 N–H and O–H groups in total. The van der Waals surface area contributed by atoms with Crippen molar-refractivity contribution in [2.45, 2.75) is 45.4 Å². The third-order valence-corrected chi connectivity index (χ3v) is 7.65. The number of urea groups is 1. The Hall–Kier alpha value is -3.56. The van der Waals surface area contributed by atoms with Crippen LogP contribution in [0.4, 0.5) is 10.5 Å². The number of carbonyl (C=O) groups excluding carboxylic acids is 2. The van der Waals surface area contributed by atoms with E-state index in [0.717, 1.165) is 41.0 Å². The van der Waals surface area contributed by atoms with E-state index in [0.29, 0.717) is 37.7 Å². The number of amides is 3. The Morgan fingerprint density at radius 1 is 1.03 bits per heavy atom. The topological polar surface area (TPSA) is 80.3 Å². The maximum Gasteiger partial charge on any atom is 0.322 e. The molecule has 3 aromatic rings. The minimum Gasteiger partial charge on any atom is -0.454 e. The Balaban J connectivity index is 1.34. The van der Waals surface area contributed by atoms with Crippen LogP contribution in [0.25, 0.3) is 0 Å². The van der Waals surface area contributed by atoms with E-state index in [4.69, 9.17) is 14.2 Å². The molecule has 5 rings (SSSR count). The van der Waals surface area contributed by atoms with Gasteiger partial charge < -0.3 is 29.3 Å². The van der Waals surface area contributed by atoms with E-state index in [1.165, 1.54) is 0 Å². The summed E-state index contributed by atoms with van der Waals surface area (Å²) < 4.78 is 16.8. The molecule has 3 amide bonds. The van der Waals surface area contributed by atoms with Crippen LogP contribution in [0.1, 0.15) is 35.8 Å². The molecular formula is C29H33N3O5S. The van der Waals surface area contributed by atoms with Crippen LogP contribution in [-0.4, -0.2) is 54.3 Å². The molecule has 2 aromatic carbocycles. The summed E-state index contributed by atoms with van der Waals surface area (Å²) in [4.78, 5) is 31.7. The van der Waals surface area contributed by atoms with Gasteiger partial charge in [0.15, 0.2) is 11.5 Å². The molecule has 3 heterocycles. The lowest BCUT2D eigenvalue weighted by Crippen LogP contribution is -2.46. The molecule has 0 saturated carbocycles. The van der Waals surface area contributed by atoms with Gasteiger partial charge in [-0.15, -0.1) is 11.3 Å². The largest absolute Gasteiger partial charge is 0.454 e. The van der Waals surface area contributed by atoms with Crippen molar-refractivity contribution in [2.24, 2.45) is 0 Å². The monoisotopic (exact) mass is 535 g/mol. The Morgan fingerprint density at radius 3 is 2.68 bits per heavy atom. The van der Waals surface area contributed by atoms with Crippen molar-refractivity contribution in [3.8, 4) is 11.5 Å². The van der Waals surface area contributed by atoms with E-state index in [2.05, 4.69) is 12.2 Å². The second kappa shape index (κ2) is 12.3. The van der Waals surface area contributed by atoms with Gasteiger partial charge in [0.25, 0.3) is 0 Å². The first-order valence-electron chi connectivity index (χ1n) is 13.0. The first kappa shape index (κ1) is 26.1. The van der Waals surface area contributed by atoms with Gasteiger partial charge in [-0.05, 0) is 60.0 Å². The number of nitrogens with zero attached hydrogens (tertiary/aromatic N) is 2. The first-order valence-corrected chi connectivity index (χ1v) is 13.9. The summed E-state index contributed by atoms with van der Waals surface area (Å²) in [7, 11) is 0.